The van der Waals surface area contributed by atoms with Gasteiger partial charge in [0.25, 0.3) is 0 Å². The van der Waals surface area contributed by atoms with Crippen molar-refractivity contribution in [2.24, 2.45) is 5.73 Å². The summed E-state index contributed by atoms with van der Waals surface area (Å²) in [6.07, 6.45) is 0. The van der Waals surface area contributed by atoms with E-state index in [2.05, 4.69) is 5.32 Å². The summed E-state index contributed by atoms with van der Waals surface area (Å²) in [4.78, 5) is 22.8. The largest absolute Gasteiger partial charge is 0.347 e. The van der Waals surface area contributed by atoms with Gasteiger partial charge in [0, 0.05) is 14.1 Å². The average molecular weight is 159 g/mol. The molecule has 0 unspecified atom stereocenters. The lowest BCUT2D eigenvalue weighted by molar-refractivity contribution is -0.130. The number of amides is 2. The Hall–Kier alpha value is -1.10. The third-order valence-corrected chi connectivity index (χ3v) is 1.12. The number of likely N-dealkylation sites (N-methyl/N-ethyl adjacent to an activating group) is 1. The second-order valence-electron chi connectivity index (χ2n) is 2.27. The third-order valence-electron chi connectivity index (χ3n) is 1.12. The lowest BCUT2D eigenvalue weighted by atomic mass is 10.5. The van der Waals surface area contributed by atoms with Crippen molar-refractivity contribution >= 4 is 11.8 Å². The quantitative estimate of drug-likeness (QED) is 0.507. The number of hydrogen-bond acceptors (Lipinski definition) is 3. The van der Waals surface area contributed by atoms with Gasteiger partial charge in [-0.2, -0.15) is 0 Å². The molecule has 0 aromatic heterocycles. The van der Waals surface area contributed by atoms with Crippen LogP contribution in [0.5, 0.6) is 0 Å². The highest BCUT2D eigenvalue weighted by atomic mass is 16.2. The maximum atomic E-state index is 10.8. The van der Waals surface area contributed by atoms with E-state index in [0.717, 1.165) is 0 Å². The SMILES string of the molecule is CN(C)C(=O)CNC(=O)CN. The number of rotatable bonds is 3. The summed E-state index contributed by atoms with van der Waals surface area (Å²) in [5.41, 5.74) is 5.00. The smallest absolute Gasteiger partial charge is 0.241 e. The predicted octanol–water partition coefficient (Wildman–Crippen LogP) is -1.85. The summed E-state index contributed by atoms with van der Waals surface area (Å²) >= 11 is 0. The zero-order chi connectivity index (χ0) is 8.85. The van der Waals surface area contributed by atoms with Crippen LogP contribution in [0.4, 0.5) is 0 Å². The van der Waals surface area contributed by atoms with E-state index in [1.54, 1.807) is 14.1 Å². The first-order valence-electron chi connectivity index (χ1n) is 3.25. The Balaban J connectivity index is 3.54. The van der Waals surface area contributed by atoms with Crippen molar-refractivity contribution in [3.63, 3.8) is 0 Å². The minimum Gasteiger partial charge on any atom is -0.347 e. The van der Waals surface area contributed by atoms with Gasteiger partial charge >= 0.3 is 0 Å². The fourth-order valence-electron chi connectivity index (χ4n) is 0.404. The van der Waals surface area contributed by atoms with E-state index in [9.17, 15) is 9.59 Å². The van der Waals surface area contributed by atoms with Crippen LogP contribution in [0.3, 0.4) is 0 Å². The molecule has 0 heterocycles. The molecule has 0 spiro atoms. The highest BCUT2D eigenvalue weighted by molar-refractivity contribution is 5.85. The molecule has 2 amide bonds. The van der Waals surface area contributed by atoms with Crippen LogP contribution in [-0.2, 0) is 9.59 Å². The summed E-state index contributed by atoms with van der Waals surface area (Å²) < 4.78 is 0. The van der Waals surface area contributed by atoms with Crippen molar-refractivity contribution in [3.05, 3.63) is 0 Å². The first-order chi connectivity index (χ1) is 5.07. The fraction of sp³-hybridized carbons (Fsp3) is 0.667. The molecular formula is C6H13N3O2. The molecule has 0 atom stereocenters. The first-order valence-corrected chi connectivity index (χ1v) is 3.25. The van der Waals surface area contributed by atoms with Crippen molar-refractivity contribution in [3.8, 4) is 0 Å². The van der Waals surface area contributed by atoms with Crippen molar-refractivity contribution in [1.82, 2.24) is 10.2 Å². The van der Waals surface area contributed by atoms with Gasteiger partial charge in [-0.3, -0.25) is 9.59 Å². The molecule has 0 rings (SSSR count). The lowest BCUT2D eigenvalue weighted by Crippen LogP contribution is -2.38. The summed E-state index contributed by atoms with van der Waals surface area (Å²) in [5, 5.41) is 2.36. The maximum Gasteiger partial charge on any atom is 0.241 e. The van der Waals surface area contributed by atoms with Gasteiger partial charge in [0.1, 0.15) is 0 Å². The van der Waals surface area contributed by atoms with Crippen molar-refractivity contribution in [2.75, 3.05) is 27.2 Å². The van der Waals surface area contributed by atoms with Crippen molar-refractivity contribution < 1.29 is 9.59 Å². The minimum atomic E-state index is -0.319. The minimum absolute atomic E-state index is 0.0169. The zero-order valence-corrected chi connectivity index (χ0v) is 6.76. The average Bonchev–Trinajstić information content (AvgIpc) is 1.99. The number of hydrogen-bond donors (Lipinski definition) is 2. The molecule has 11 heavy (non-hydrogen) atoms. The Kier molecular flexibility index (Phi) is 4.21. The van der Waals surface area contributed by atoms with E-state index < -0.39 is 0 Å². The van der Waals surface area contributed by atoms with Gasteiger partial charge in [-0.25, -0.2) is 0 Å². The Bertz CT molecular complexity index is 156. The van der Waals surface area contributed by atoms with Gasteiger partial charge in [-0.1, -0.05) is 0 Å². The molecule has 0 fully saturated rings. The Morgan fingerprint density at radius 1 is 1.45 bits per heavy atom. The summed E-state index contributed by atoms with van der Waals surface area (Å²) in [6.45, 7) is -0.0657. The van der Waals surface area contributed by atoms with E-state index >= 15 is 0 Å². The summed E-state index contributed by atoms with van der Waals surface area (Å²) in [5.74, 6) is -0.466. The van der Waals surface area contributed by atoms with Crippen LogP contribution in [0.15, 0.2) is 0 Å². The van der Waals surface area contributed by atoms with E-state index in [1.807, 2.05) is 0 Å². The van der Waals surface area contributed by atoms with Crippen LogP contribution in [0, 0.1) is 0 Å². The third kappa shape index (κ3) is 4.32. The van der Waals surface area contributed by atoms with Crippen LogP contribution in [0.1, 0.15) is 0 Å². The Morgan fingerprint density at radius 3 is 2.36 bits per heavy atom. The molecule has 0 aromatic carbocycles. The molecule has 0 aliphatic carbocycles. The molecule has 0 aliphatic heterocycles. The molecule has 64 valence electrons. The van der Waals surface area contributed by atoms with Crippen LogP contribution in [0.2, 0.25) is 0 Å². The standard InChI is InChI=1S/C6H13N3O2/c1-9(2)6(11)4-8-5(10)3-7/h3-4,7H2,1-2H3,(H,8,10). The molecule has 5 nitrogen and oxygen atoms in total. The molecule has 0 saturated heterocycles. The van der Waals surface area contributed by atoms with Gasteiger partial charge in [-0.15, -0.1) is 0 Å². The van der Waals surface area contributed by atoms with E-state index in [0.29, 0.717) is 0 Å². The van der Waals surface area contributed by atoms with Crippen LogP contribution >= 0.6 is 0 Å². The normalized spacial score (nSPS) is 9.00. The molecule has 5 heteroatoms. The van der Waals surface area contributed by atoms with Gasteiger partial charge in [0.15, 0.2) is 0 Å². The van der Waals surface area contributed by atoms with E-state index in [1.165, 1.54) is 4.90 Å². The van der Waals surface area contributed by atoms with Gasteiger partial charge in [0.2, 0.25) is 11.8 Å². The molecule has 0 bridgehead atoms. The molecule has 3 N–H and O–H groups in total. The number of nitrogens with zero attached hydrogens (tertiary/aromatic N) is 1. The van der Waals surface area contributed by atoms with Crippen LogP contribution in [0.25, 0.3) is 0 Å². The molecular weight excluding hydrogens is 146 g/mol. The van der Waals surface area contributed by atoms with Crippen molar-refractivity contribution in [1.29, 1.82) is 0 Å². The topological polar surface area (TPSA) is 75.4 Å². The number of carbonyl (C=O) groups is 2. The number of nitrogens with one attached hydrogen (secondary N) is 1. The van der Waals surface area contributed by atoms with Crippen LogP contribution in [-0.4, -0.2) is 43.9 Å². The Labute approximate surface area is 65.5 Å². The van der Waals surface area contributed by atoms with E-state index in [-0.39, 0.29) is 24.9 Å². The zero-order valence-electron chi connectivity index (χ0n) is 6.76. The predicted molar refractivity (Wildman–Crippen MR) is 40.8 cm³/mol. The molecule has 0 saturated carbocycles. The molecule has 0 aromatic rings. The Morgan fingerprint density at radius 2 is 2.00 bits per heavy atom. The van der Waals surface area contributed by atoms with E-state index in [4.69, 9.17) is 5.73 Å². The van der Waals surface area contributed by atoms with Crippen LogP contribution < -0.4 is 11.1 Å². The lowest BCUT2D eigenvalue weighted by Gasteiger charge is -2.09. The molecule has 0 radical (unpaired) electrons. The summed E-state index contributed by atoms with van der Waals surface area (Å²) in [6, 6.07) is 0. The van der Waals surface area contributed by atoms with Gasteiger partial charge in [0.05, 0.1) is 13.1 Å². The second kappa shape index (κ2) is 4.68. The van der Waals surface area contributed by atoms with Crippen molar-refractivity contribution in [2.45, 2.75) is 0 Å². The summed E-state index contributed by atoms with van der Waals surface area (Å²) in [7, 11) is 3.24. The monoisotopic (exact) mass is 159 g/mol. The number of carbonyl (C=O) groups excluding carboxylic acids is 2. The fourth-order valence-corrected chi connectivity index (χ4v) is 0.404. The maximum absolute atomic E-state index is 10.8. The second-order valence-corrected chi connectivity index (χ2v) is 2.27. The highest BCUT2D eigenvalue weighted by Gasteiger charge is 2.04. The number of nitrogens with two attached hydrogens (primary N) is 1. The van der Waals surface area contributed by atoms with Gasteiger partial charge in [-0.05, 0) is 0 Å². The molecule has 0 aliphatic rings. The first kappa shape index (κ1) is 9.90. The van der Waals surface area contributed by atoms with Gasteiger partial charge < -0.3 is 16.0 Å². The highest BCUT2D eigenvalue weighted by Crippen LogP contribution is 1.74.